The summed E-state index contributed by atoms with van der Waals surface area (Å²) in [5, 5.41) is 11.9. The standard InChI is InChI=1S/C9H9BrFNO2/c10-4-3-9(14)12-6-1-2-8(13)7(11)5-6/h1-2,5,13H,3-4H2,(H,12,14). The van der Waals surface area contributed by atoms with Crippen LogP contribution in [-0.2, 0) is 4.79 Å². The van der Waals surface area contributed by atoms with E-state index in [1.165, 1.54) is 12.1 Å². The molecular weight excluding hydrogens is 253 g/mol. The molecule has 1 aromatic carbocycles. The van der Waals surface area contributed by atoms with Gasteiger partial charge < -0.3 is 10.4 Å². The van der Waals surface area contributed by atoms with Crippen LogP contribution in [0.5, 0.6) is 5.75 Å². The third-order valence-electron chi connectivity index (χ3n) is 1.55. The Morgan fingerprint density at radius 2 is 2.29 bits per heavy atom. The second-order valence-corrected chi connectivity index (χ2v) is 3.45. The average Bonchev–Trinajstić information content (AvgIpc) is 2.12. The summed E-state index contributed by atoms with van der Waals surface area (Å²) in [6.45, 7) is 0. The van der Waals surface area contributed by atoms with Gasteiger partial charge in [-0.2, -0.15) is 0 Å². The zero-order chi connectivity index (χ0) is 10.6. The predicted octanol–water partition coefficient (Wildman–Crippen LogP) is 2.25. The van der Waals surface area contributed by atoms with Crippen molar-refractivity contribution in [1.82, 2.24) is 0 Å². The Morgan fingerprint density at radius 1 is 1.57 bits per heavy atom. The predicted molar refractivity (Wildman–Crippen MR) is 55.1 cm³/mol. The van der Waals surface area contributed by atoms with Crippen molar-refractivity contribution < 1.29 is 14.3 Å². The number of anilines is 1. The number of carbonyl (C=O) groups excluding carboxylic acids is 1. The van der Waals surface area contributed by atoms with Gasteiger partial charge in [0.05, 0.1) is 0 Å². The first kappa shape index (κ1) is 11.0. The Hall–Kier alpha value is -1.10. The number of carbonyl (C=O) groups is 1. The molecule has 0 atom stereocenters. The van der Waals surface area contributed by atoms with Crippen molar-refractivity contribution in [3.63, 3.8) is 0 Å². The second-order valence-electron chi connectivity index (χ2n) is 2.65. The van der Waals surface area contributed by atoms with E-state index in [1.54, 1.807) is 0 Å². The smallest absolute Gasteiger partial charge is 0.225 e. The van der Waals surface area contributed by atoms with Gasteiger partial charge in [-0.15, -0.1) is 0 Å². The van der Waals surface area contributed by atoms with Crippen molar-refractivity contribution >= 4 is 27.5 Å². The summed E-state index contributed by atoms with van der Waals surface area (Å²) in [5.41, 5.74) is 0.339. The number of aromatic hydroxyl groups is 1. The van der Waals surface area contributed by atoms with E-state index < -0.39 is 11.6 Å². The van der Waals surface area contributed by atoms with Crippen molar-refractivity contribution in [3.8, 4) is 5.75 Å². The first-order chi connectivity index (χ1) is 6.63. The molecule has 0 unspecified atom stereocenters. The molecule has 0 aliphatic rings. The Labute approximate surface area is 89.1 Å². The number of hydrogen-bond donors (Lipinski definition) is 2. The minimum absolute atomic E-state index is 0.202. The maximum atomic E-state index is 12.8. The largest absolute Gasteiger partial charge is 0.505 e. The van der Waals surface area contributed by atoms with Crippen LogP contribution in [0.2, 0.25) is 0 Å². The Bertz CT molecular complexity index is 344. The van der Waals surface area contributed by atoms with Crippen LogP contribution < -0.4 is 5.32 Å². The number of alkyl halides is 1. The van der Waals surface area contributed by atoms with Crippen LogP contribution in [-0.4, -0.2) is 16.3 Å². The number of benzene rings is 1. The summed E-state index contributed by atoms with van der Waals surface area (Å²) in [5.74, 6) is -1.38. The summed E-state index contributed by atoms with van der Waals surface area (Å²) < 4.78 is 12.8. The van der Waals surface area contributed by atoms with Crippen molar-refractivity contribution in [1.29, 1.82) is 0 Å². The number of phenols is 1. The van der Waals surface area contributed by atoms with E-state index in [1.807, 2.05) is 0 Å². The van der Waals surface area contributed by atoms with Crippen LogP contribution in [0.4, 0.5) is 10.1 Å². The Morgan fingerprint density at radius 3 is 2.86 bits per heavy atom. The summed E-state index contributed by atoms with van der Waals surface area (Å²) in [6.07, 6.45) is 0.322. The molecule has 1 aromatic rings. The van der Waals surface area contributed by atoms with Gasteiger partial charge in [-0.3, -0.25) is 4.79 Å². The van der Waals surface area contributed by atoms with Crippen molar-refractivity contribution in [2.75, 3.05) is 10.6 Å². The molecule has 0 aliphatic heterocycles. The van der Waals surface area contributed by atoms with Gasteiger partial charge >= 0.3 is 0 Å². The lowest BCUT2D eigenvalue weighted by Gasteiger charge is -2.04. The lowest BCUT2D eigenvalue weighted by Crippen LogP contribution is -2.11. The molecule has 14 heavy (non-hydrogen) atoms. The molecule has 0 heterocycles. The monoisotopic (exact) mass is 261 g/mol. The molecule has 0 fully saturated rings. The molecule has 0 aromatic heterocycles. The van der Waals surface area contributed by atoms with Crippen molar-refractivity contribution in [2.45, 2.75) is 6.42 Å². The van der Waals surface area contributed by atoms with Crippen LogP contribution in [0.15, 0.2) is 18.2 Å². The molecule has 0 aliphatic carbocycles. The summed E-state index contributed by atoms with van der Waals surface area (Å²) in [4.78, 5) is 11.1. The molecule has 0 radical (unpaired) electrons. The van der Waals surface area contributed by atoms with E-state index in [0.717, 1.165) is 6.07 Å². The molecule has 0 spiro atoms. The third kappa shape index (κ3) is 2.99. The van der Waals surface area contributed by atoms with Gasteiger partial charge in [0.1, 0.15) is 0 Å². The molecule has 5 heteroatoms. The summed E-state index contributed by atoms with van der Waals surface area (Å²) >= 11 is 3.11. The van der Waals surface area contributed by atoms with Crippen molar-refractivity contribution in [2.24, 2.45) is 0 Å². The average molecular weight is 262 g/mol. The van der Waals surface area contributed by atoms with E-state index in [9.17, 15) is 9.18 Å². The minimum Gasteiger partial charge on any atom is -0.505 e. The van der Waals surface area contributed by atoms with E-state index in [0.29, 0.717) is 17.4 Å². The summed E-state index contributed by atoms with van der Waals surface area (Å²) in [7, 11) is 0. The fraction of sp³-hybridized carbons (Fsp3) is 0.222. The van der Waals surface area contributed by atoms with Crippen LogP contribution in [0.25, 0.3) is 0 Å². The van der Waals surface area contributed by atoms with E-state index in [-0.39, 0.29) is 5.91 Å². The lowest BCUT2D eigenvalue weighted by molar-refractivity contribution is -0.115. The molecule has 0 saturated carbocycles. The zero-order valence-corrected chi connectivity index (χ0v) is 8.84. The van der Waals surface area contributed by atoms with Gasteiger partial charge in [-0.05, 0) is 12.1 Å². The first-order valence-electron chi connectivity index (χ1n) is 3.98. The Balaban J connectivity index is 2.68. The SMILES string of the molecule is O=C(CCBr)Nc1ccc(O)c(F)c1. The zero-order valence-electron chi connectivity index (χ0n) is 7.26. The van der Waals surface area contributed by atoms with Gasteiger partial charge in [0.2, 0.25) is 5.91 Å². The van der Waals surface area contributed by atoms with Crippen LogP contribution in [0.3, 0.4) is 0 Å². The molecule has 3 nitrogen and oxygen atoms in total. The normalized spacial score (nSPS) is 9.86. The fourth-order valence-electron chi connectivity index (χ4n) is 0.894. The number of hydrogen-bond acceptors (Lipinski definition) is 2. The van der Waals surface area contributed by atoms with Gasteiger partial charge in [0, 0.05) is 23.5 Å². The maximum absolute atomic E-state index is 12.8. The van der Waals surface area contributed by atoms with Gasteiger partial charge in [0.15, 0.2) is 11.6 Å². The summed E-state index contributed by atoms with van der Waals surface area (Å²) in [6, 6.07) is 3.70. The maximum Gasteiger partial charge on any atom is 0.225 e. The van der Waals surface area contributed by atoms with Gasteiger partial charge in [0.25, 0.3) is 0 Å². The highest BCUT2D eigenvalue weighted by Gasteiger charge is 2.04. The highest BCUT2D eigenvalue weighted by Crippen LogP contribution is 2.19. The number of halogens is 2. The van der Waals surface area contributed by atoms with Crippen molar-refractivity contribution in [3.05, 3.63) is 24.0 Å². The van der Waals surface area contributed by atoms with Gasteiger partial charge in [-0.25, -0.2) is 4.39 Å². The molecule has 76 valence electrons. The van der Waals surface area contributed by atoms with E-state index >= 15 is 0 Å². The van der Waals surface area contributed by atoms with E-state index in [2.05, 4.69) is 21.2 Å². The highest BCUT2D eigenvalue weighted by molar-refractivity contribution is 9.09. The Kier molecular flexibility index (Phi) is 3.88. The first-order valence-corrected chi connectivity index (χ1v) is 5.10. The number of rotatable bonds is 3. The fourth-order valence-corrected chi connectivity index (χ4v) is 1.25. The molecule has 0 saturated heterocycles. The molecule has 1 amide bonds. The van der Waals surface area contributed by atoms with E-state index in [4.69, 9.17) is 5.11 Å². The molecule has 2 N–H and O–H groups in total. The topological polar surface area (TPSA) is 49.3 Å². The van der Waals surface area contributed by atoms with Crippen LogP contribution in [0.1, 0.15) is 6.42 Å². The van der Waals surface area contributed by atoms with Crippen LogP contribution in [0, 0.1) is 5.82 Å². The van der Waals surface area contributed by atoms with Gasteiger partial charge in [-0.1, -0.05) is 15.9 Å². The second kappa shape index (κ2) is 4.95. The lowest BCUT2D eigenvalue weighted by atomic mass is 10.3. The quantitative estimate of drug-likeness (QED) is 0.648. The number of amides is 1. The number of phenolic OH excluding ortho intramolecular Hbond substituents is 1. The van der Waals surface area contributed by atoms with Crippen LogP contribution >= 0.6 is 15.9 Å². The molecule has 0 bridgehead atoms. The minimum atomic E-state index is -0.748. The number of nitrogens with one attached hydrogen (secondary N) is 1. The molecular formula is C9H9BrFNO2. The third-order valence-corrected chi connectivity index (χ3v) is 1.95. The highest BCUT2D eigenvalue weighted by atomic mass is 79.9. The molecule has 1 rings (SSSR count).